The number of fused-ring (bicyclic) bond motifs is 2. The maximum absolute atomic E-state index is 12.3. The summed E-state index contributed by atoms with van der Waals surface area (Å²) in [5.74, 6) is 2.27. The third-order valence-corrected chi connectivity index (χ3v) is 4.08. The van der Waals surface area contributed by atoms with E-state index in [1.54, 1.807) is 0 Å². The number of carbonyl (C=O) groups is 1. The number of benzene rings is 1. The standard InChI is InChI=1S/C16H21NO3/c1-10(2)6-16(18)17-5-4-12-7-14-15(20-9-19-14)8-13(12)11(17)3/h7-8,10-11H,4-6,9H2,1-3H3. The van der Waals surface area contributed by atoms with Crippen LogP contribution in [-0.2, 0) is 11.2 Å². The molecule has 0 saturated heterocycles. The van der Waals surface area contributed by atoms with Gasteiger partial charge in [-0.1, -0.05) is 13.8 Å². The molecule has 2 aliphatic rings. The fourth-order valence-corrected chi connectivity index (χ4v) is 3.01. The van der Waals surface area contributed by atoms with Crippen LogP contribution in [0.5, 0.6) is 11.5 Å². The van der Waals surface area contributed by atoms with Crippen LogP contribution >= 0.6 is 0 Å². The Morgan fingerprint density at radius 1 is 1.35 bits per heavy atom. The molecule has 3 rings (SSSR count). The summed E-state index contributed by atoms with van der Waals surface area (Å²) in [4.78, 5) is 14.3. The molecule has 1 aromatic carbocycles. The van der Waals surface area contributed by atoms with E-state index in [1.165, 1.54) is 11.1 Å². The SMILES string of the molecule is CC(C)CC(=O)N1CCc2cc3c(cc2C1C)OCO3. The summed E-state index contributed by atoms with van der Waals surface area (Å²) in [5, 5.41) is 0. The Balaban J connectivity index is 1.87. The van der Waals surface area contributed by atoms with E-state index in [9.17, 15) is 4.79 Å². The van der Waals surface area contributed by atoms with Gasteiger partial charge in [0, 0.05) is 13.0 Å². The molecule has 0 spiro atoms. The van der Waals surface area contributed by atoms with E-state index in [1.807, 2.05) is 11.0 Å². The summed E-state index contributed by atoms with van der Waals surface area (Å²) in [7, 11) is 0. The first-order chi connectivity index (χ1) is 9.56. The van der Waals surface area contributed by atoms with E-state index in [2.05, 4.69) is 26.8 Å². The molecule has 0 radical (unpaired) electrons. The first-order valence-corrected chi connectivity index (χ1v) is 7.28. The number of nitrogens with zero attached hydrogens (tertiary/aromatic N) is 1. The van der Waals surface area contributed by atoms with Crippen LogP contribution in [0.15, 0.2) is 12.1 Å². The number of hydrogen-bond acceptors (Lipinski definition) is 3. The molecule has 0 aromatic heterocycles. The highest BCUT2D eigenvalue weighted by Crippen LogP contribution is 2.40. The molecule has 2 heterocycles. The van der Waals surface area contributed by atoms with Crippen molar-refractivity contribution in [3.8, 4) is 11.5 Å². The van der Waals surface area contributed by atoms with Crippen molar-refractivity contribution in [2.75, 3.05) is 13.3 Å². The van der Waals surface area contributed by atoms with Crippen LogP contribution in [0.1, 0.15) is 44.4 Å². The third kappa shape index (κ3) is 2.23. The second-order valence-electron chi connectivity index (χ2n) is 6.02. The van der Waals surface area contributed by atoms with Crippen LogP contribution in [0.4, 0.5) is 0 Å². The highest BCUT2D eigenvalue weighted by Gasteiger charge is 2.30. The Bertz CT molecular complexity index is 539. The van der Waals surface area contributed by atoms with Crippen molar-refractivity contribution >= 4 is 5.91 Å². The van der Waals surface area contributed by atoms with Crippen molar-refractivity contribution in [2.45, 2.75) is 39.7 Å². The Morgan fingerprint density at radius 3 is 2.75 bits per heavy atom. The molecule has 2 aliphatic heterocycles. The Labute approximate surface area is 119 Å². The maximum atomic E-state index is 12.3. The fraction of sp³-hybridized carbons (Fsp3) is 0.562. The lowest BCUT2D eigenvalue weighted by Gasteiger charge is -2.36. The number of hydrogen-bond donors (Lipinski definition) is 0. The van der Waals surface area contributed by atoms with Gasteiger partial charge in [-0.15, -0.1) is 0 Å². The van der Waals surface area contributed by atoms with Gasteiger partial charge in [-0.2, -0.15) is 0 Å². The molecule has 1 amide bonds. The monoisotopic (exact) mass is 275 g/mol. The minimum absolute atomic E-state index is 0.111. The second kappa shape index (κ2) is 5.00. The van der Waals surface area contributed by atoms with Gasteiger partial charge in [-0.3, -0.25) is 4.79 Å². The van der Waals surface area contributed by atoms with Crippen molar-refractivity contribution < 1.29 is 14.3 Å². The summed E-state index contributed by atoms with van der Waals surface area (Å²) >= 11 is 0. The molecule has 4 nitrogen and oxygen atoms in total. The van der Waals surface area contributed by atoms with Gasteiger partial charge in [-0.25, -0.2) is 0 Å². The predicted molar refractivity (Wildman–Crippen MR) is 75.9 cm³/mol. The minimum Gasteiger partial charge on any atom is -0.454 e. The van der Waals surface area contributed by atoms with Gasteiger partial charge in [0.2, 0.25) is 12.7 Å². The van der Waals surface area contributed by atoms with Crippen molar-refractivity contribution in [3.63, 3.8) is 0 Å². The molecule has 1 atom stereocenters. The number of carbonyl (C=O) groups excluding carboxylic acids is 1. The van der Waals surface area contributed by atoms with E-state index in [0.717, 1.165) is 24.5 Å². The summed E-state index contributed by atoms with van der Waals surface area (Å²) in [6.45, 7) is 7.34. The second-order valence-corrected chi connectivity index (χ2v) is 6.02. The smallest absolute Gasteiger partial charge is 0.231 e. The molecule has 1 unspecified atom stereocenters. The van der Waals surface area contributed by atoms with Crippen LogP contribution in [0.3, 0.4) is 0 Å². The van der Waals surface area contributed by atoms with Crippen LogP contribution in [0.2, 0.25) is 0 Å². The normalized spacial score (nSPS) is 20.2. The fourth-order valence-electron chi connectivity index (χ4n) is 3.01. The maximum Gasteiger partial charge on any atom is 0.231 e. The van der Waals surface area contributed by atoms with E-state index in [-0.39, 0.29) is 11.9 Å². The average Bonchev–Trinajstić information content (AvgIpc) is 2.83. The molecule has 1 aromatic rings. The zero-order valence-corrected chi connectivity index (χ0v) is 12.3. The van der Waals surface area contributed by atoms with Crippen LogP contribution < -0.4 is 9.47 Å². The number of ether oxygens (including phenoxy) is 2. The van der Waals surface area contributed by atoms with Gasteiger partial charge in [0.05, 0.1) is 6.04 Å². The Kier molecular flexibility index (Phi) is 3.32. The Morgan fingerprint density at radius 2 is 2.05 bits per heavy atom. The highest BCUT2D eigenvalue weighted by atomic mass is 16.7. The molecule has 4 heteroatoms. The Hall–Kier alpha value is -1.71. The summed E-state index contributed by atoms with van der Waals surface area (Å²) in [6.07, 6.45) is 1.50. The van der Waals surface area contributed by atoms with Gasteiger partial charge >= 0.3 is 0 Å². The van der Waals surface area contributed by atoms with Crippen molar-refractivity contribution in [2.24, 2.45) is 5.92 Å². The molecule has 0 aliphatic carbocycles. The number of amides is 1. The topological polar surface area (TPSA) is 38.8 Å². The van der Waals surface area contributed by atoms with Gasteiger partial charge in [-0.05, 0) is 42.5 Å². The number of rotatable bonds is 2. The zero-order valence-electron chi connectivity index (χ0n) is 12.3. The van der Waals surface area contributed by atoms with Crippen molar-refractivity contribution in [1.29, 1.82) is 0 Å². The zero-order chi connectivity index (χ0) is 14.3. The van der Waals surface area contributed by atoms with Crippen LogP contribution in [0, 0.1) is 5.92 Å². The largest absolute Gasteiger partial charge is 0.454 e. The predicted octanol–water partition coefficient (Wildman–Crippen LogP) is 2.91. The summed E-state index contributed by atoms with van der Waals surface area (Å²) in [6, 6.07) is 4.22. The molecule has 0 fully saturated rings. The molecular weight excluding hydrogens is 254 g/mol. The summed E-state index contributed by atoms with van der Waals surface area (Å²) < 4.78 is 10.9. The lowest BCUT2D eigenvalue weighted by molar-refractivity contribution is -0.134. The molecular formula is C16H21NO3. The van der Waals surface area contributed by atoms with E-state index >= 15 is 0 Å². The van der Waals surface area contributed by atoms with Crippen LogP contribution in [0.25, 0.3) is 0 Å². The quantitative estimate of drug-likeness (QED) is 0.833. The summed E-state index contributed by atoms with van der Waals surface area (Å²) in [5.41, 5.74) is 2.47. The van der Waals surface area contributed by atoms with E-state index in [0.29, 0.717) is 19.1 Å². The molecule has 20 heavy (non-hydrogen) atoms. The third-order valence-electron chi connectivity index (χ3n) is 4.08. The first kappa shape index (κ1) is 13.3. The van der Waals surface area contributed by atoms with E-state index in [4.69, 9.17) is 9.47 Å². The van der Waals surface area contributed by atoms with Gasteiger partial charge in [0.15, 0.2) is 11.5 Å². The first-order valence-electron chi connectivity index (χ1n) is 7.28. The van der Waals surface area contributed by atoms with Crippen molar-refractivity contribution in [1.82, 2.24) is 4.90 Å². The van der Waals surface area contributed by atoms with E-state index < -0.39 is 0 Å². The van der Waals surface area contributed by atoms with Crippen LogP contribution in [-0.4, -0.2) is 24.1 Å². The molecule has 0 bridgehead atoms. The molecule has 0 saturated carbocycles. The van der Waals surface area contributed by atoms with Crippen molar-refractivity contribution in [3.05, 3.63) is 23.3 Å². The van der Waals surface area contributed by atoms with Gasteiger partial charge in [0.1, 0.15) is 0 Å². The average molecular weight is 275 g/mol. The molecule has 0 N–H and O–H groups in total. The minimum atomic E-state index is 0.111. The van der Waals surface area contributed by atoms with Gasteiger partial charge < -0.3 is 14.4 Å². The van der Waals surface area contributed by atoms with Gasteiger partial charge in [0.25, 0.3) is 0 Å². The highest BCUT2D eigenvalue weighted by molar-refractivity contribution is 5.77. The lowest BCUT2D eigenvalue weighted by Crippen LogP contribution is -2.39. The lowest BCUT2D eigenvalue weighted by atomic mass is 9.92. The molecule has 108 valence electrons.